The van der Waals surface area contributed by atoms with E-state index in [-0.39, 0.29) is 23.5 Å². The van der Waals surface area contributed by atoms with Crippen molar-refractivity contribution in [1.82, 2.24) is 19.6 Å². The standard InChI is InChI=1S/C26H28F2N6O4S2/c1-14-8-15(9-21(29)25(14)40(3,37)38)18-6-7-30-13-23(18)32-26-31-12-16-4-5-22(33-34(16)26)24-19(27)10-17(11-20(24)28)39(2,35)36/h4-7,10-15,21,25H,8-9,29H2,1-3H3,(H,31,32)/t14-,15+,21+,25+/m0/s1. The Hall–Kier alpha value is -3.49. The molecule has 40 heavy (non-hydrogen) atoms. The first-order valence-electron chi connectivity index (χ1n) is 12.4. The van der Waals surface area contributed by atoms with Crippen molar-refractivity contribution in [3.8, 4) is 11.3 Å². The van der Waals surface area contributed by atoms with Gasteiger partial charge in [-0.15, -0.1) is 0 Å². The second-order valence-corrected chi connectivity index (χ2v) is 14.6. The molecule has 0 radical (unpaired) electrons. The molecule has 0 amide bonds. The number of pyridine rings is 1. The summed E-state index contributed by atoms with van der Waals surface area (Å²) in [5.74, 6) is -2.07. The maximum atomic E-state index is 14.9. The zero-order chi connectivity index (χ0) is 29.0. The van der Waals surface area contributed by atoms with Crippen LogP contribution < -0.4 is 11.1 Å². The molecular weight excluding hydrogens is 562 g/mol. The van der Waals surface area contributed by atoms with Crippen molar-refractivity contribution in [3.63, 3.8) is 0 Å². The summed E-state index contributed by atoms with van der Waals surface area (Å²) in [5.41, 5.74) is 7.83. The Morgan fingerprint density at radius 2 is 1.73 bits per heavy atom. The molecule has 1 saturated carbocycles. The quantitative estimate of drug-likeness (QED) is 0.344. The Balaban J connectivity index is 1.49. The second kappa shape index (κ2) is 10.2. The summed E-state index contributed by atoms with van der Waals surface area (Å²) in [6.45, 7) is 1.89. The number of sulfone groups is 2. The molecule has 0 aliphatic heterocycles. The average molecular weight is 591 g/mol. The number of aromatic nitrogens is 4. The van der Waals surface area contributed by atoms with Crippen molar-refractivity contribution in [2.24, 2.45) is 11.7 Å². The van der Waals surface area contributed by atoms with Gasteiger partial charge in [-0.05, 0) is 60.6 Å². The predicted octanol–water partition coefficient (Wildman–Crippen LogP) is 3.47. The molecule has 0 saturated heterocycles. The zero-order valence-corrected chi connectivity index (χ0v) is 23.5. The number of hydrogen-bond acceptors (Lipinski definition) is 9. The first-order chi connectivity index (χ1) is 18.7. The Labute approximate surface area is 230 Å². The molecule has 0 spiro atoms. The molecule has 3 aromatic heterocycles. The van der Waals surface area contributed by atoms with Gasteiger partial charge in [0.05, 0.1) is 45.0 Å². The summed E-state index contributed by atoms with van der Waals surface area (Å²) in [7, 11) is -7.12. The van der Waals surface area contributed by atoms with E-state index in [1.165, 1.54) is 23.0 Å². The second-order valence-electron chi connectivity index (χ2n) is 10.4. The molecule has 3 heterocycles. The summed E-state index contributed by atoms with van der Waals surface area (Å²) in [4.78, 5) is 8.11. The molecule has 10 nitrogen and oxygen atoms in total. The number of nitrogens with zero attached hydrogens (tertiary/aromatic N) is 4. The van der Waals surface area contributed by atoms with Gasteiger partial charge in [0.1, 0.15) is 11.6 Å². The number of rotatable bonds is 6. The van der Waals surface area contributed by atoms with Crippen LogP contribution in [0.25, 0.3) is 16.8 Å². The lowest BCUT2D eigenvalue weighted by Crippen LogP contribution is -2.48. The van der Waals surface area contributed by atoms with Crippen LogP contribution in [0.4, 0.5) is 20.4 Å². The van der Waals surface area contributed by atoms with Gasteiger partial charge >= 0.3 is 0 Å². The average Bonchev–Trinajstić information content (AvgIpc) is 3.24. The van der Waals surface area contributed by atoms with Crippen LogP contribution in [0.3, 0.4) is 0 Å². The lowest BCUT2D eigenvalue weighted by molar-refractivity contribution is 0.309. The van der Waals surface area contributed by atoms with Crippen LogP contribution in [0.15, 0.2) is 53.8 Å². The van der Waals surface area contributed by atoms with E-state index in [2.05, 4.69) is 20.4 Å². The third-order valence-corrected chi connectivity index (χ3v) is 10.2. The third kappa shape index (κ3) is 5.30. The molecule has 5 rings (SSSR count). The van der Waals surface area contributed by atoms with Gasteiger partial charge in [-0.25, -0.2) is 30.6 Å². The van der Waals surface area contributed by atoms with E-state index in [0.717, 1.165) is 24.0 Å². The normalized spacial score (nSPS) is 21.9. The Kier molecular flexibility index (Phi) is 7.13. The van der Waals surface area contributed by atoms with Gasteiger partial charge < -0.3 is 11.1 Å². The van der Waals surface area contributed by atoms with Crippen molar-refractivity contribution in [2.45, 2.75) is 41.9 Å². The molecule has 0 bridgehead atoms. The first-order valence-corrected chi connectivity index (χ1v) is 16.3. The third-order valence-electron chi connectivity index (χ3n) is 7.32. The SMILES string of the molecule is C[C@H]1C[C@@H](c2ccncc2Nc2ncc3ccc(-c4c(F)cc(S(C)(=O)=O)cc4F)nn23)C[C@@H](N)[C@@H]1S(C)(=O)=O. The van der Waals surface area contributed by atoms with Gasteiger partial charge in [-0.3, -0.25) is 4.98 Å². The highest BCUT2D eigenvalue weighted by molar-refractivity contribution is 7.91. The Morgan fingerprint density at radius 1 is 1.02 bits per heavy atom. The van der Waals surface area contributed by atoms with Crippen molar-refractivity contribution in [1.29, 1.82) is 0 Å². The minimum atomic E-state index is -3.81. The van der Waals surface area contributed by atoms with Gasteiger partial charge in [0.15, 0.2) is 19.7 Å². The number of nitrogens with one attached hydrogen (secondary N) is 1. The maximum absolute atomic E-state index is 14.9. The highest BCUT2D eigenvalue weighted by Gasteiger charge is 2.40. The van der Waals surface area contributed by atoms with Crippen LogP contribution in [0.2, 0.25) is 0 Å². The molecule has 1 fully saturated rings. The number of halogens is 2. The van der Waals surface area contributed by atoms with Crippen molar-refractivity contribution >= 4 is 36.8 Å². The summed E-state index contributed by atoms with van der Waals surface area (Å²) in [5, 5.41) is 6.96. The minimum absolute atomic E-state index is 0.0419. The molecule has 14 heteroatoms. The maximum Gasteiger partial charge on any atom is 0.229 e. The number of hydrogen-bond donors (Lipinski definition) is 2. The van der Waals surface area contributed by atoms with Crippen LogP contribution in [0.5, 0.6) is 0 Å². The van der Waals surface area contributed by atoms with E-state index in [1.54, 1.807) is 18.5 Å². The van der Waals surface area contributed by atoms with Crippen molar-refractivity contribution < 1.29 is 25.6 Å². The molecule has 212 valence electrons. The number of nitrogens with two attached hydrogens (primary N) is 1. The minimum Gasteiger partial charge on any atom is -0.326 e. The molecule has 4 atom stereocenters. The van der Waals surface area contributed by atoms with E-state index in [4.69, 9.17) is 5.73 Å². The van der Waals surface area contributed by atoms with Crippen LogP contribution >= 0.6 is 0 Å². The van der Waals surface area contributed by atoms with Crippen LogP contribution in [-0.4, -0.2) is 60.2 Å². The topological polar surface area (TPSA) is 149 Å². The highest BCUT2D eigenvalue weighted by atomic mass is 32.2. The molecule has 1 aromatic carbocycles. The van der Waals surface area contributed by atoms with Gasteiger partial charge in [0, 0.05) is 24.8 Å². The molecule has 1 aliphatic rings. The van der Waals surface area contributed by atoms with Gasteiger partial charge in [0.2, 0.25) is 5.95 Å². The van der Waals surface area contributed by atoms with E-state index >= 15 is 0 Å². The summed E-state index contributed by atoms with van der Waals surface area (Å²) in [6.07, 6.45) is 7.95. The summed E-state index contributed by atoms with van der Waals surface area (Å²) < 4.78 is 79.3. The van der Waals surface area contributed by atoms with E-state index in [0.29, 0.717) is 24.0 Å². The molecule has 1 aliphatic carbocycles. The van der Waals surface area contributed by atoms with Crippen LogP contribution in [0, 0.1) is 17.6 Å². The largest absolute Gasteiger partial charge is 0.326 e. The molecule has 4 aromatic rings. The fourth-order valence-electron chi connectivity index (χ4n) is 5.65. The molecule has 3 N–H and O–H groups in total. The summed E-state index contributed by atoms with van der Waals surface area (Å²) in [6, 6.07) is 5.84. The Bertz CT molecular complexity index is 1790. The fourth-order valence-corrected chi connectivity index (χ4v) is 7.99. The van der Waals surface area contributed by atoms with Crippen molar-refractivity contribution in [2.75, 3.05) is 17.8 Å². The van der Waals surface area contributed by atoms with Gasteiger partial charge in [0.25, 0.3) is 0 Å². The smallest absolute Gasteiger partial charge is 0.229 e. The molecule has 0 unspecified atom stereocenters. The number of benzene rings is 1. The van der Waals surface area contributed by atoms with Gasteiger partial charge in [-0.2, -0.15) is 9.61 Å². The fraction of sp³-hybridized carbons (Fsp3) is 0.346. The number of anilines is 2. The van der Waals surface area contributed by atoms with Crippen molar-refractivity contribution in [3.05, 3.63) is 66.1 Å². The predicted molar refractivity (Wildman–Crippen MR) is 147 cm³/mol. The van der Waals surface area contributed by atoms with E-state index in [1.807, 2.05) is 13.0 Å². The first kappa shape index (κ1) is 28.1. The lowest BCUT2D eigenvalue weighted by atomic mass is 9.76. The monoisotopic (exact) mass is 590 g/mol. The van der Waals surface area contributed by atoms with Gasteiger partial charge in [-0.1, -0.05) is 6.92 Å². The van der Waals surface area contributed by atoms with E-state index in [9.17, 15) is 25.6 Å². The zero-order valence-electron chi connectivity index (χ0n) is 21.9. The lowest BCUT2D eigenvalue weighted by Gasteiger charge is -2.38. The Morgan fingerprint density at radius 3 is 2.35 bits per heavy atom. The number of imidazole rings is 1. The molecular formula is C26H28F2N6O4S2. The summed E-state index contributed by atoms with van der Waals surface area (Å²) >= 11 is 0. The van der Waals surface area contributed by atoms with E-state index < -0.39 is 53.1 Å². The van der Waals surface area contributed by atoms with Crippen LogP contribution in [-0.2, 0) is 19.7 Å². The van der Waals surface area contributed by atoms with Crippen LogP contribution in [0.1, 0.15) is 31.2 Å². The number of fused-ring (bicyclic) bond motifs is 1. The highest BCUT2D eigenvalue weighted by Crippen LogP contribution is 2.41.